The number of aromatic nitrogens is 8. The predicted octanol–water partition coefficient (Wildman–Crippen LogP) is -3.61. The van der Waals surface area contributed by atoms with E-state index in [9.17, 15) is 39.0 Å². The Morgan fingerprint density at radius 1 is 0.640 bits per heavy atom. The molecule has 13 N–H and O–H groups in total. The van der Waals surface area contributed by atoms with Crippen molar-refractivity contribution >= 4 is 57.4 Å². The predicted molar refractivity (Wildman–Crippen MR) is 158 cm³/mol. The molecule has 0 radical (unpaired) electrons. The maximum Gasteiger partial charge on any atom is 0.481 e. The van der Waals surface area contributed by atoms with Crippen molar-refractivity contribution < 1.29 is 81.4 Å². The molecule has 276 valence electrons. The van der Waals surface area contributed by atoms with Gasteiger partial charge < -0.3 is 65.8 Å². The summed E-state index contributed by atoms with van der Waals surface area (Å²) >= 11 is 0. The van der Waals surface area contributed by atoms with E-state index in [4.69, 9.17) is 40.5 Å². The highest BCUT2D eigenvalue weighted by Crippen LogP contribution is 2.57. The molecule has 0 aliphatic carbocycles. The van der Waals surface area contributed by atoms with Crippen LogP contribution in [0.15, 0.2) is 25.3 Å². The van der Waals surface area contributed by atoms with Gasteiger partial charge in [0.25, 0.3) is 0 Å². The van der Waals surface area contributed by atoms with Crippen LogP contribution < -0.4 is 11.5 Å². The van der Waals surface area contributed by atoms with Crippen LogP contribution in [0.5, 0.6) is 0 Å². The first-order chi connectivity index (χ1) is 23.3. The monoisotopic (exact) mass is 774 g/mol. The van der Waals surface area contributed by atoms with Gasteiger partial charge >= 0.3 is 23.5 Å². The van der Waals surface area contributed by atoms with Crippen LogP contribution in [0.2, 0.25) is 0 Å². The molecule has 0 spiro atoms. The molecular formula is C20H29N10O17P3. The van der Waals surface area contributed by atoms with Crippen LogP contribution in [-0.4, -0.2) is 134 Å². The van der Waals surface area contributed by atoms with Gasteiger partial charge in [-0.1, -0.05) is 0 Å². The molecule has 1 unspecified atom stereocenters. The number of fused-ring (bicyclic) bond motifs is 2. The molecule has 4 aromatic heterocycles. The van der Waals surface area contributed by atoms with Crippen molar-refractivity contribution in [3.8, 4) is 0 Å². The van der Waals surface area contributed by atoms with Crippen molar-refractivity contribution in [1.29, 1.82) is 0 Å². The van der Waals surface area contributed by atoms with E-state index in [-0.39, 0.29) is 28.4 Å². The molecule has 27 nitrogen and oxygen atoms in total. The number of aliphatic hydroxyl groups excluding tert-OH is 4. The van der Waals surface area contributed by atoms with Crippen LogP contribution >= 0.6 is 23.5 Å². The van der Waals surface area contributed by atoms with Gasteiger partial charge in [0.15, 0.2) is 35.4 Å². The van der Waals surface area contributed by atoms with Crippen LogP contribution in [0.4, 0.5) is 11.6 Å². The SMILES string of the molecule is Nc1ncnc2c1ncn2[C@@H]1O[C@H](COP(=O)(O)O)[C@@H](O)[C@H]1O.Nc1ncnc2c1ncn2[C@@H]1O[C@H](COP(=O)(O)OP(=O)(O)O)[C@@H](O)[C@H]1O. The van der Waals surface area contributed by atoms with Crippen LogP contribution in [0.25, 0.3) is 22.3 Å². The zero-order valence-corrected chi connectivity index (χ0v) is 27.4. The second-order valence-corrected chi connectivity index (χ2v) is 14.5. The van der Waals surface area contributed by atoms with Crippen LogP contribution in [0.3, 0.4) is 0 Å². The summed E-state index contributed by atoms with van der Waals surface area (Å²) in [6, 6.07) is 0. The summed E-state index contributed by atoms with van der Waals surface area (Å²) in [6.45, 7) is -1.41. The van der Waals surface area contributed by atoms with Crippen molar-refractivity contribution in [3.63, 3.8) is 0 Å². The van der Waals surface area contributed by atoms with E-state index in [1.165, 1.54) is 28.1 Å². The smallest absolute Gasteiger partial charge is 0.387 e. The second-order valence-electron chi connectivity index (χ2n) is 10.4. The summed E-state index contributed by atoms with van der Waals surface area (Å²) < 4.78 is 58.6. The Bertz CT molecular complexity index is 1970. The Morgan fingerprint density at radius 2 is 1.06 bits per heavy atom. The van der Waals surface area contributed by atoms with Gasteiger partial charge in [-0.2, -0.15) is 4.31 Å². The normalized spacial score (nSPS) is 28.5. The van der Waals surface area contributed by atoms with Crippen LogP contribution in [0.1, 0.15) is 12.5 Å². The Labute approximate surface area is 277 Å². The third-order valence-electron chi connectivity index (χ3n) is 7.02. The average Bonchev–Trinajstić information content (AvgIpc) is 3.77. The highest BCUT2D eigenvalue weighted by atomic mass is 31.3. The van der Waals surface area contributed by atoms with E-state index in [0.29, 0.717) is 5.52 Å². The maximum absolute atomic E-state index is 11.5. The number of anilines is 2. The number of nitrogen functional groups attached to an aromatic ring is 2. The number of phosphoric acid groups is 3. The van der Waals surface area contributed by atoms with E-state index in [1.54, 1.807) is 0 Å². The van der Waals surface area contributed by atoms with E-state index < -0.39 is 85.8 Å². The first-order valence-electron chi connectivity index (χ1n) is 13.6. The number of phosphoric ester groups is 2. The fourth-order valence-corrected chi connectivity index (χ4v) is 6.74. The Kier molecular flexibility index (Phi) is 11.0. The fourth-order valence-electron chi connectivity index (χ4n) is 4.80. The number of ether oxygens (including phenoxy) is 2. The lowest BCUT2D eigenvalue weighted by Crippen LogP contribution is -2.33. The van der Waals surface area contributed by atoms with Gasteiger partial charge in [-0.05, 0) is 0 Å². The summed E-state index contributed by atoms with van der Waals surface area (Å²) in [7, 11) is -15.1. The fraction of sp³-hybridized carbons (Fsp3) is 0.500. The molecule has 2 aliphatic rings. The van der Waals surface area contributed by atoms with Gasteiger partial charge in [0.05, 0.1) is 25.9 Å². The molecule has 0 amide bonds. The molecule has 9 atom stereocenters. The minimum Gasteiger partial charge on any atom is -0.387 e. The first kappa shape index (κ1) is 38.1. The number of hydrogen-bond donors (Lipinski definition) is 11. The largest absolute Gasteiger partial charge is 0.481 e. The minimum atomic E-state index is -5.29. The van der Waals surface area contributed by atoms with Crippen molar-refractivity contribution in [1.82, 2.24) is 39.0 Å². The molecular weight excluding hydrogens is 745 g/mol. The quantitative estimate of drug-likeness (QED) is 0.0693. The summed E-state index contributed by atoms with van der Waals surface area (Å²) in [5.41, 5.74) is 12.4. The van der Waals surface area contributed by atoms with Crippen LogP contribution in [0, 0.1) is 0 Å². The lowest BCUT2D eigenvalue weighted by Gasteiger charge is -2.17. The molecule has 0 bridgehead atoms. The third kappa shape index (κ3) is 8.47. The zero-order chi connectivity index (χ0) is 36.8. The van der Waals surface area contributed by atoms with Gasteiger partial charge in [0.2, 0.25) is 0 Å². The Hall–Kier alpha value is -3.17. The number of aliphatic hydroxyl groups is 4. The maximum atomic E-state index is 11.5. The molecule has 0 aromatic carbocycles. The summed E-state index contributed by atoms with van der Waals surface area (Å²) in [4.78, 5) is 67.3. The van der Waals surface area contributed by atoms with Gasteiger partial charge in [-0.25, -0.2) is 43.6 Å². The van der Waals surface area contributed by atoms with Crippen molar-refractivity contribution in [2.45, 2.75) is 49.1 Å². The lowest BCUT2D eigenvalue weighted by atomic mass is 10.1. The molecule has 2 aliphatic heterocycles. The molecule has 6 heterocycles. The molecule has 0 saturated carbocycles. The van der Waals surface area contributed by atoms with Gasteiger partial charge in [0.1, 0.15) is 60.3 Å². The summed E-state index contributed by atoms with van der Waals surface area (Å²) in [6.07, 6.45) is -5.69. The molecule has 2 saturated heterocycles. The van der Waals surface area contributed by atoms with E-state index in [0.717, 1.165) is 6.33 Å². The van der Waals surface area contributed by atoms with Gasteiger partial charge in [0, 0.05) is 0 Å². The van der Waals surface area contributed by atoms with Crippen LogP contribution in [-0.2, 0) is 36.5 Å². The molecule has 50 heavy (non-hydrogen) atoms. The van der Waals surface area contributed by atoms with Gasteiger partial charge in [-0.15, -0.1) is 0 Å². The number of nitrogens with zero attached hydrogens (tertiary/aromatic N) is 8. The highest BCUT2D eigenvalue weighted by Gasteiger charge is 2.47. The third-order valence-corrected chi connectivity index (χ3v) is 9.65. The van der Waals surface area contributed by atoms with Gasteiger partial charge in [-0.3, -0.25) is 18.2 Å². The summed E-state index contributed by atoms with van der Waals surface area (Å²) in [5, 5.41) is 40.3. The molecule has 6 rings (SSSR count). The number of nitrogens with two attached hydrogens (primary N) is 2. The number of rotatable bonds is 10. The summed E-state index contributed by atoms with van der Waals surface area (Å²) in [5.74, 6) is 0.227. The average molecular weight is 774 g/mol. The second kappa shape index (κ2) is 14.5. The van der Waals surface area contributed by atoms with Crippen molar-refractivity contribution in [2.75, 3.05) is 24.7 Å². The minimum absolute atomic E-state index is 0.0856. The van der Waals surface area contributed by atoms with Crippen molar-refractivity contribution in [2.24, 2.45) is 0 Å². The van der Waals surface area contributed by atoms with E-state index in [2.05, 4.69) is 43.3 Å². The van der Waals surface area contributed by atoms with E-state index >= 15 is 0 Å². The Balaban J connectivity index is 0.000000197. The standard InChI is InChI=1S/C10H15N5O10P2.C10H14N5O7P/c11-8-5-9(13-2-12-8)15(3-14-5)10-7(17)6(16)4(24-10)1-23-27(21,22)25-26(18,19)20;11-8-5-9(13-2-12-8)15(3-14-5)10-7(17)6(16)4(22-10)1-21-23(18,19)20/h2-4,6-7,10,16-17H,1H2,(H,21,22)(H2,11,12,13)(H2,18,19,20);2-4,6-7,10,16-17H,1H2,(H2,11,12,13)(H2,18,19,20)/t2*4-,6-,7-,10-/m11/s1. The zero-order valence-electron chi connectivity index (χ0n) is 24.7. The topological polar surface area (TPSA) is 419 Å². The number of hydrogen-bond acceptors (Lipinski definition) is 20. The molecule has 30 heteroatoms. The number of imidazole rings is 2. The molecule has 2 fully saturated rings. The van der Waals surface area contributed by atoms with Crippen molar-refractivity contribution in [3.05, 3.63) is 25.3 Å². The highest BCUT2D eigenvalue weighted by molar-refractivity contribution is 7.60. The Morgan fingerprint density at radius 3 is 1.46 bits per heavy atom. The molecule has 4 aromatic rings. The first-order valence-corrected chi connectivity index (χ1v) is 18.2. The lowest BCUT2D eigenvalue weighted by molar-refractivity contribution is -0.0504. The van der Waals surface area contributed by atoms with E-state index in [1.807, 2.05) is 0 Å².